The van der Waals surface area contributed by atoms with Crippen molar-refractivity contribution in [2.75, 3.05) is 27.5 Å². The number of ether oxygens (including phenoxy) is 4. The molecule has 0 bridgehead atoms. The largest absolute Gasteiger partial charge is 0.497 e. The van der Waals surface area contributed by atoms with Crippen molar-refractivity contribution in [1.82, 2.24) is 4.90 Å². The maximum absolute atomic E-state index is 13.3. The Kier molecular flexibility index (Phi) is 6.33. The van der Waals surface area contributed by atoms with E-state index in [-0.39, 0.29) is 11.2 Å². The summed E-state index contributed by atoms with van der Waals surface area (Å²) in [5.41, 5.74) is 2.43. The number of benzene rings is 3. The van der Waals surface area contributed by atoms with Gasteiger partial charge in [0.2, 0.25) is 11.2 Å². The molecule has 0 aliphatic carbocycles. The molecule has 5 rings (SSSR count). The SMILES string of the molecule is COc1ccc(CCN2COc3ccc4c(=O)c(Oc5ccc(OC)cc5)c(C)oc4c3C2)cc1. The Morgan fingerprint density at radius 2 is 1.54 bits per heavy atom. The molecule has 0 N–H and O–H groups in total. The first-order chi connectivity index (χ1) is 17.1. The Morgan fingerprint density at radius 3 is 2.23 bits per heavy atom. The van der Waals surface area contributed by atoms with E-state index in [2.05, 4.69) is 17.0 Å². The third-order valence-corrected chi connectivity index (χ3v) is 6.18. The summed E-state index contributed by atoms with van der Waals surface area (Å²) in [5, 5.41) is 0.471. The van der Waals surface area contributed by atoms with Crippen LogP contribution in [0.2, 0.25) is 0 Å². The van der Waals surface area contributed by atoms with Crippen LogP contribution in [0.25, 0.3) is 11.0 Å². The number of hydrogen-bond acceptors (Lipinski definition) is 7. The molecule has 2 heterocycles. The smallest absolute Gasteiger partial charge is 0.235 e. The van der Waals surface area contributed by atoms with Crippen LogP contribution in [0.4, 0.5) is 0 Å². The number of nitrogens with zero attached hydrogens (tertiary/aromatic N) is 1. The van der Waals surface area contributed by atoms with Gasteiger partial charge in [0.25, 0.3) is 0 Å². The fourth-order valence-electron chi connectivity index (χ4n) is 4.20. The van der Waals surface area contributed by atoms with Gasteiger partial charge in [-0.3, -0.25) is 9.69 Å². The fraction of sp³-hybridized carbons (Fsp3) is 0.250. The molecule has 180 valence electrons. The third-order valence-electron chi connectivity index (χ3n) is 6.18. The lowest BCUT2D eigenvalue weighted by molar-refractivity contribution is 0.0967. The summed E-state index contributed by atoms with van der Waals surface area (Å²) in [6.07, 6.45) is 0.871. The quantitative estimate of drug-likeness (QED) is 0.360. The number of rotatable bonds is 7. The molecule has 7 heteroatoms. The molecule has 35 heavy (non-hydrogen) atoms. The van der Waals surface area contributed by atoms with Crippen LogP contribution in [0.5, 0.6) is 28.7 Å². The zero-order chi connectivity index (χ0) is 24.4. The molecule has 7 nitrogen and oxygen atoms in total. The highest BCUT2D eigenvalue weighted by Gasteiger charge is 2.24. The van der Waals surface area contributed by atoms with Gasteiger partial charge in [0, 0.05) is 13.1 Å². The summed E-state index contributed by atoms with van der Waals surface area (Å²) in [5.74, 6) is 3.42. The normalized spacial score (nSPS) is 13.2. The minimum Gasteiger partial charge on any atom is -0.497 e. The van der Waals surface area contributed by atoms with Crippen LogP contribution in [-0.2, 0) is 13.0 Å². The van der Waals surface area contributed by atoms with Crippen molar-refractivity contribution in [3.63, 3.8) is 0 Å². The molecule has 1 aromatic heterocycles. The van der Waals surface area contributed by atoms with Crippen molar-refractivity contribution in [2.24, 2.45) is 0 Å². The lowest BCUT2D eigenvalue weighted by Gasteiger charge is -2.29. The molecule has 0 spiro atoms. The Morgan fingerprint density at radius 1 is 0.886 bits per heavy atom. The van der Waals surface area contributed by atoms with Crippen LogP contribution in [0.15, 0.2) is 69.9 Å². The predicted molar refractivity (Wildman–Crippen MR) is 133 cm³/mol. The number of hydrogen-bond donors (Lipinski definition) is 0. The predicted octanol–water partition coefficient (Wildman–Crippen LogP) is 5.31. The summed E-state index contributed by atoms with van der Waals surface area (Å²) in [7, 11) is 3.26. The van der Waals surface area contributed by atoms with Crippen LogP contribution in [0, 0.1) is 6.92 Å². The average Bonchev–Trinajstić information content (AvgIpc) is 2.90. The zero-order valence-electron chi connectivity index (χ0n) is 20.0. The number of fused-ring (bicyclic) bond motifs is 3. The molecule has 3 aromatic carbocycles. The molecular weight excluding hydrogens is 446 g/mol. The Bertz CT molecular complexity index is 1390. The first-order valence-electron chi connectivity index (χ1n) is 11.4. The van der Waals surface area contributed by atoms with Crippen molar-refractivity contribution in [2.45, 2.75) is 19.9 Å². The van der Waals surface area contributed by atoms with Gasteiger partial charge in [0.15, 0.2) is 0 Å². The minimum atomic E-state index is -0.210. The second-order valence-corrected chi connectivity index (χ2v) is 8.44. The van der Waals surface area contributed by atoms with Gasteiger partial charge < -0.3 is 23.4 Å². The van der Waals surface area contributed by atoms with Crippen molar-refractivity contribution in [3.05, 3.63) is 87.8 Å². The van der Waals surface area contributed by atoms with E-state index in [0.29, 0.717) is 41.5 Å². The van der Waals surface area contributed by atoms with E-state index in [1.807, 2.05) is 18.2 Å². The average molecular weight is 474 g/mol. The highest BCUT2D eigenvalue weighted by atomic mass is 16.5. The third kappa shape index (κ3) is 4.68. The van der Waals surface area contributed by atoms with Gasteiger partial charge in [0.1, 0.15) is 41.1 Å². The van der Waals surface area contributed by atoms with Gasteiger partial charge in [-0.15, -0.1) is 0 Å². The second-order valence-electron chi connectivity index (χ2n) is 8.44. The standard InChI is InChI=1S/C28H27NO6/c1-18-27(35-22-10-8-21(32-3)9-11-22)26(30)23-12-13-25-24(28(23)34-18)16-29(17-33-25)15-14-19-4-6-20(31-2)7-5-19/h4-13H,14-17H2,1-3H3. The molecule has 0 amide bonds. The van der Waals surface area contributed by atoms with Gasteiger partial charge in [-0.1, -0.05) is 12.1 Å². The molecule has 0 unspecified atom stereocenters. The van der Waals surface area contributed by atoms with Gasteiger partial charge in [-0.2, -0.15) is 0 Å². The molecule has 0 saturated carbocycles. The Labute approximate surface area is 203 Å². The zero-order valence-corrected chi connectivity index (χ0v) is 20.0. The molecule has 0 radical (unpaired) electrons. The molecule has 1 aliphatic rings. The fourth-order valence-corrected chi connectivity index (χ4v) is 4.20. The molecule has 0 atom stereocenters. The van der Waals surface area contributed by atoms with E-state index < -0.39 is 0 Å². The minimum absolute atomic E-state index is 0.177. The maximum Gasteiger partial charge on any atom is 0.235 e. The van der Waals surface area contributed by atoms with Crippen molar-refractivity contribution < 1.29 is 23.4 Å². The highest BCUT2D eigenvalue weighted by molar-refractivity contribution is 5.83. The molecule has 0 fully saturated rings. The highest BCUT2D eigenvalue weighted by Crippen LogP contribution is 2.34. The van der Waals surface area contributed by atoms with Gasteiger partial charge in [-0.25, -0.2) is 0 Å². The summed E-state index contributed by atoms with van der Waals surface area (Å²) in [6.45, 7) is 3.66. The molecule has 0 saturated heterocycles. The van der Waals surface area contributed by atoms with Crippen LogP contribution in [0.3, 0.4) is 0 Å². The maximum atomic E-state index is 13.3. The Balaban J connectivity index is 1.39. The first-order valence-corrected chi connectivity index (χ1v) is 11.4. The molecule has 1 aliphatic heterocycles. The van der Waals surface area contributed by atoms with Gasteiger partial charge >= 0.3 is 0 Å². The summed E-state index contributed by atoms with van der Waals surface area (Å²) >= 11 is 0. The summed E-state index contributed by atoms with van der Waals surface area (Å²) < 4.78 is 28.5. The van der Waals surface area contributed by atoms with Crippen LogP contribution in [-0.4, -0.2) is 32.4 Å². The van der Waals surface area contributed by atoms with Gasteiger partial charge in [-0.05, 0) is 67.4 Å². The lowest BCUT2D eigenvalue weighted by Crippen LogP contribution is -2.33. The first kappa shape index (κ1) is 22.8. The van der Waals surface area contributed by atoms with Crippen LogP contribution < -0.4 is 24.4 Å². The van der Waals surface area contributed by atoms with E-state index in [1.165, 1.54) is 5.56 Å². The van der Waals surface area contributed by atoms with E-state index in [4.69, 9.17) is 23.4 Å². The van der Waals surface area contributed by atoms with Crippen LogP contribution >= 0.6 is 0 Å². The molecule has 4 aromatic rings. The van der Waals surface area contributed by atoms with E-state index >= 15 is 0 Å². The molecular formula is C28H27NO6. The van der Waals surface area contributed by atoms with Gasteiger partial charge in [0.05, 0.1) is 25.2 Å². The van der Waals surface area contributed by atoms with Crippen molar-refractivity contribution >= 4 is 11.0 Å². The number of aryl methyl sites for hydroxylation is 1. The lowest BCUT2D eigenvalue weighted by atomic mass is 10.1. The summed E-state index contributed by atoms with van der Waals surface area (Å²) in [4.78, 5) is 15.5. The van der Waals surface area contributed by atoms with Crippen LogP contribution in [0.1, 0.15) is 16.9 Å². The topological polar surface area (TPSA) is 70.4 Å². The Hall–Kier alpha value is -3.97. The number of methoxy groups -OCH3 is 2. The van der Waals surface area contributed by atoms with E-state index in [0.717, 1.165) is 30.0 Å². The van der Waals surface area contributed by atoms with E-state index in [9.17, 15) is 4.79 Å². The van der Waals surface area contributed by atoms with Crippen molar-refractivity contribution in [3.8, 4) is 28.7 Å². The second kappa shape index (κ2) is 9.72. The van der Waals surface area contributed by atoms with Crippen molar-refractivity contribution in [1.29, 1.82) is 0 Å². The van der Waals surface area contributed by atoms with E-state index in [1.54, 1.807) is 51.5 Å². The summed E-state index contributed by atoms with van der Waals surface area (Å²) in [6, 6.07) is 18.7. The monoisotopic (exact) mass is 473 g/mol.